The smallest absolute Gasteiger partial charge is 0.119 e. The third kappa shape index (κ3) is 4.02. The zero-order chi connectivity index (χ0) is 13.7. The molecule has 2 rings (SSSR count). The van der Waals surface area contributed by atoms with Gasteiger partial charge >= 0.3 is 0 Å². The quantitative estimate of drug-likeness (QED) is 0.860. The lowest BCUT2D eigenvalue weighted by Gasteiger charge is -2.11. The molecule has 0 spiro atoms. The Kier molecular flexibility index (Phi) is 4.45. The number of ether oxygens (including phenoxy) is 1. The second-order valence-corrected chi connectivity index (χ2v) is 4.82. The zero-order valence-corrected chi connectivity index (χ0v) is 11.5. The lowest BCUT2D eigenvalue weighted by Crippen LogP contribution is -2.05. The zero-order valence-electron chi connectivity index (χ0n) is 11.5. The van der Waals surface area contributed by atoms with Gasteiger partial charge in [-0.2, -0.15) is 0 Å². The Balaban J connectivity index is 1.95. The summed E-state index contributed by atoms with van der Waals surface area (Å²) in [5.74, 6) is 0.913. The topological polar surface area (TPSA) is 21.3 Å². The summed E-state index contributed by atoms with van der Waals surface area (Å²) in [5.41, 5.74) is 3.31. The van der Waals surface area contributed by atoms with E-state index in [1.165, 1.54) is 5.56 Å². The molecule has 0 unspecified atom stereocenters. The molecular weight excluding hydrogens is 234 g/mol. The number of nitrogens with one attached hydrogen (secondary N) is 1. The fourth-order valence-electron chi connectivity index (χ4n) is 1.85. The SMILES string of the molecule is [CH2]c1ccccc1NCc1ccc(OC(C)C)cc1. The van der Waals surface area contributed by atoms with Gasteiger partial charge in [-0.15, -0.1) is 0 Å². The van der Waals surface area contributed by atoms with Crippen LogP contribution in [0.25, 0.3) is 0 Å². The molecule has 0 fully saturated rings. The Morgan fingerprint density at radius 3 is 2.37 bits per heavy atom. The molecule has 2 heteroatoms. The normalized spacial score (nSPS) is 10.5. The van der Waals surface area contributed by atoms with Gasteiger partial charge in [-0.3, -0.25) is 0 Å². The number of hydrogen-bond acceptors (Lipinski definition) is 2. The first-order valence-corrected chi connectivity index (χ1v) is 6.55. The molecule has 0 saturated heterocycles. The lowest BCUT2D eigenvalue weighted by molar-refractivity contribution is 0.242. The van der Waals surface area contributed by atoms with Gasteiger partial charge in [0.2, 0.25) is 0 Å². The molecule has 0 saturated carbocycles. The van der Waals surface area contributed by atoms with Crippen molar-refractivity contribution >= 4 is 5.69 Å². The summed E-state index contributed by atoms with van der Waals surface area (Å²) in [6, 6.07) is 16.2. The van der Waals surface area contributed by atoms with Gasteiger partial charge in [0, 0.05) is 12.2 Å². The monoisotopic (exact) mass is 254 g/mol. The van der Waals surface area contributed by atoms with Crippen LogP contribution in [0.4, 0.5) is 5.69 Å². The van der Waals surface area contributed by atoms with Gasteiger partial charge in [0.15, 0.2) is 0 Å². The predicted octanol–water partition coefficient (Wildman–Crippen LogP) is 4.27. The van der Waals surface area contributed by atoms with E-state index in [9.17, 15) is 0 Å². The Morgan fingerprint density at radius 1 is 1.05 bits per heavy atom. The number of para-hydroxylation sites is 1. The molecule has 1 N–H and O–H groups in total. The first-order chi connectivity index (χ1) is 9.15. The average Bonchev–Trinajstić information content (AvgIpc) is 2.39. The number of hydrogen-bond donors (Lipinski definition) is 1. The van der Waals surface area contributed by atoms with Gasteiger partial charge in [0.1, 0.15) is 5.75 Å². The summed E-state index contributed by atoms with van der Waals surface area (Å²) >= 11 is 0. The molecule has 99 valence electrons. The highest BCUT2D eigenvalue weighted by Crippen LogP contribution is 2.17. The molecule has 2 aromatic rings. The molecule has 2 nitrogen and oxygen atoms in total. The van der Waals surface area contributed by atoms with Crippen LogP contribution in [-0.4, -0.2) is 6.10 Å². The van der Waals surface area contributed by atoms with Crippen LogP contribution in [0.15, 0.2) is 48.5 Å². The van der Waals surface area contributed by atoms with Gasteiger partial charge in [0.25, 0.3) is 0 Å². The highest BCUT2D eigenvalue weighted by atomic mass is 16.5. The van der Waals surface area contributed by atoms with Crippen molar-refractivity contribution < 1.29 is 4.74 Å². The van der Waals surface area contributed by atoms with Crippen molar-refractivity contribution in [3.05, 3.63) is 66.6 Å². The standard InChI is InChI=1S/C17H20NO/c1-13(2)19-16-10-8-15(9-11-16)12-18-17-7-5-4-6-14(17)3/h4-11,13,18H,3,12H2,1-2H3. The van der Waals surface area contributed by atoms with E-state index >= 15 is 0 Å². The maximum absolute atomic E-state index is 5.62. The van der Waals surface area contributed by atoms with Crippen molar-refractivity contribution in [2.45, 2.75) is 26.5 Å². The molecule has 2 aromatic carbocycles. The fraction of sp³-hybridized carbons (Fsp3) is 0.235. The summed E-state index contributed by atoms with van der Waals surface area (Å²) in [4.78, 5) is 0. The Labute approximate surface area is 115 Å². The van der Waals surface area contributed by atoms with E-state index in [1.54, 1.807) is 0 Å². The van der Waals surface area contributed by atoms with Crippen molar-refractivity contribution in [3.8, 4) is 5.75 Å². The van der Waals surface area contributed by atoms with Crippen LogP contribution in [0, 0.1) is 6.92 Å². The summed E-state index contributed by atoms with van der Waals surface area (Å²) in [6.45, 7) is 8.84. The van der Waals surface area contributed by atoms with Crippen LogP contribution in [0.3, 0.4) is 0 Å². The van der Waals surface area contributed by atoms with E-state index in [-0.39, 0.29) is 6.10 Å². The summed E-state index contributed by atoms with van der Waals surface area (Å²) in [5, 5.41) is 3.39. The number of anilines is 1. The van der Waals surface area contributed by atoms with Gasteiger partial charge in [-0.05, 0) is 50.1 Å². The Morgan fingerprint density at radius 2 is 1.74 bits per heavy atom. The number of rotatable bonds is 5. The third-order valence-corrected chi connectivity index (χ3v) is 2.80. The van der Waals surface area contributed by atoms with Gasteiger partial charge in [-0.1, -0.05) is 30.3 Å². The van der Waals surface area contributed by atoms with E-state index in [4.69, 9.17) is 4.74 Å². The highest BCUT2D eigenvalue weighted by Gasteiger charge is 1.99. The summed E-state index contributed by atoms with van der Waals surface area (Å²) < 4.78 is 5.62. The second kappa shape index (κ2) is 6.28. The minimum absolute atomic E-state index is 0.210. The average molecular weight is 254 g/mol. The van der Waals surface area contributed by atoms with Crippen LogP contribution in [-0.2, 0) is 6.54 Å². The molecule has 0 aliphatic heterocycles. The van der Waals surface area contributed by atoms with Crippen LogP contribution >= 0.6 is 0 Å². The minimum Gasteiger partial charge on any atom is -0.491 e. The largest absolute Gasteiger partial charge is 0.491 e. The highest BCUT2D eigenvalue weighted by molar-refractivity contribution is 5.52. The minimum atomic E-state index is 0.210. The van der Waals surface area contributed by atoms with Crippen molar-refractivity contribution in [2.24, 2.45) is 0 Å². The summed E-state index contributed by atoms with van der Waals surface area (Å²) in [7, 11) is 0. The Hall–Kier alpha value is -1.96. The number of benzene rings is 2. The predicted molar refractivity (Wildman–Crippen MR) is 80.4 cm³/mol. The molecule has 0 bridgehead atoms. The van der Waals surface area contributed by atoms with Gasteiger partial charge < -0.3 is 10.1 Å². The third-order valence-electron chi connectivity index (χ3n) is 2.80. The van der Waals surface area contributed by atoms with Crippen LogP contribution in [0.5, 0.6) is 5.75 Å². The molecule has 0 amide bonds. The molecule has 1 radical (unpaired) electrons. The van der Waals surface area contributed by atoms with E-state index in [0.717, 1.165) is 23.5 Å². The first-order valence-electron chi connectivity index (χ1n) is 6.55. The molecular formula is C17H20NO. The van der Waals surface area contributed by atoms with E-state index in [0.29, 0.717) is 0 Å². The van der Waals surface area contributed by atoms with E-state index in [1.807, 2.05) is 50.2 Å². The molecule has 19 heavy (non-hydrogen) atoms. The van der Waals surface area contributed by atoms with E-state index in [2.05, 4.69) is 24.4 Å². The van der Waals surface area contributed by atoms with Gasteiger partial charge in [0.05, 0.1) is 6.10 Å². The van der Waals surface area contributed by atoms with Crippen molar-refractivity contribution in [3.63, 3.8) is 0 Å². The maximum Gasteiger partial charge on any atom is 0.119 e. The first kappa shape index (κ1) is 13.5. The van der Waals surface area contributed by atoms with Crippen LogP contribution < -0.4 is 10.1 Å². The maximum atomic E-state index is 5.62. The van der Waals surface area contributed by atoms with Crippen molar-refractivity contribution in [1.82, 2.24) is 0 Å². The lowest BCUT2D eigenvalue weighted by atomic mass is 10.1. The van der Waals surface area contributed by atoms with Crippen LogP contribution in [0.1, 0.15) is 25.0 Å². The molecule has 0 aliphatic carbocycles. The summed E-state index contributed by atoms with van der Waals surface area (Å²) in [6.07, 6.45) is 0.210. The van der Waals surface area contributed by atoms with Crippen molar-refractivity contribution in [2.75, 3.05) is 5.32 Å². The second-order valence-electron chi connectivity index (χ2n) is 4.82. The molecule has 0 aromatic heterocycles. The molecule has 0 atom stereocenters. The molecule has 0 heterocycles. The van der Waals surface area contributed by atoms with Gasteiger partial charge in [-0.25, -0.2) is 0 Å². The molecule has 0 aliphatic rings. The van der Waals surface area contributed by atoms with Crippen molar-refractivity contribution in [1.29, 1.82) is 0 Å². The Bertz CT molecular complexity index is 517. The van der Waals surface area contributed by atoms with Crippen LogP contribution in [0.2, 0.25) is 0 Å². The fourth-order valence-corrected chi connectivity index (χ4v) is 1.85. The van der Waals surface area contributed by atoms with E-state index < -0.39 is 0 Å².